The third-order valence-electron chi connectivity index (χ3n) is 3.62. The Bertz CT molecular complexity index is 582. The van der Waals surface area contributed by atoms with Crippen molar-refractivity contribution in [2.75, 3.05) is 11.4 Å². The van der Waals surface area contributed by atoms with E-state index in [-0.39, 0.29) is 12.4 Å². The molecule has 1 atom stereocenters. The van der Waals surface area contributed by atoms with Crippen molar-refractivity contribution in [1.29, 1.82) is 0 Å². The number of aromatic nitrogens is 1. The summed E-state index contributed by atoms with van der Waals surface area (Å²) in [5.41, 5.74) is 1.88. The maximum absolute atomic E-state index is 13.1. The highest BCUT2D eigenvalue weighted by Gasteiger charge is 2.19. The number of aliphatic hydroxyl groups excluding tert-OH is 1. The van der Waals surface area contributed by atoms with Crippen molar-refractivity contribution in [1.82, 2.24) is 4.98 Å². The van der Waals surface area contributed by atoms with Crippen LogP contribution in [-0.4, -0.2) is 16.6 Å². The summed E-state index contributed by atoms with van der Waals surface area (Å²) in [6.07, 6.45) is 0.985. The SMILES string of the molecule is CCC(C)c1nc(N(CC)c2ccc(F)cc2)sc1CO. The number of anilines is 2. The molecule has 0 saturated carbocycles. The Kier molecular flexibility index (Phi) is 5.31. The van der Waals surface area contributed by atoms with Gasteiger partial charge in [0.1, 0.15) is 5.82 Å². The number of benzene rings is 1. The quantitative estimate of drug-likeness (QED) is 0.856. The van der Waals surface area contributed by atoms with E-state index in [4.69, 9.17) is 4.98 Å². The first-order valence-electron chi connectivity index (χ1n) is 7.24. The summed E-state index contributed by atoms with van der Waals surface area (Å²) in [5, 5.41) is 10.4. The smallest absolute Gasteiger partial charge is 0.190 e. The van der Waals surface area contributed by atoms with Crippen LogP contribution in [0, 0.1) is 5.82 Å². The van der Waals surface area contributed by atoms with Crippen LogP contribution in [0.5, 0.6) is 0 Å². The van der Waals surface area contributed by atoms with Crippen LogP contribution in [0.25, 0.3) is 0 Å². The number of hydrogen-bond donors (Lipinski definition) is 1. The molecule has 114 valence electrons. The third kappa shape index (κ3) is 3.41. The highest BCUT2D eigenvalue weighted by Crippen LogP contribution is 2.35. The van der Waals surface area contributed by atoms with Crippen LogP contribution in [0.2, 0.25) is 0 Å². The number of rotatable bonds is 6. The minimum absolute atomic E-state index is 0.0122. The molecule has 0 spiro atoms. The normalized spacial score (nSPS) is 12.4. The van der Waals surface area contributed by atoms with Crippen molar-refractivity contribution in [2.45, 2.75) is 39.7 Å². The third-order valence-corrected chi connectivity index (χ3v) is 4.70. The molecule has 2 aromatic rings. The van der Waals surface area contributed by atoms with Gasteiger partial charge in [0.15, 0.2) is 5.13 Å². The fraction of sp³-hybridized carbons (Fsp3) is 0.438. The summed E-state index contributed by atoms with van der Waals surface area (Å²) in [6, 6.07) is 6.41. The van der Waals surface area contributed by atoms with E-state index in [2.05, 4.69) is 13.8 Å². The molecule has 21 heavy (non-hydrogen) atoms. The van der Waals surface area contributed by atoms with Gasteiger partial charge in [0.25, 0.3) is 0 Å². The largest absolute Gasteiger partial charge is 0.391 e. The lowest BCUT2D eigenvalue weighted by Gasteiger charge is -2.19. The van der Waals surface area contributed by atoms with Crippen molar-refractivity contribution in [2.24, 2.45) is 0 Å². The molecule has 0 aliphatic heterocycles. The minimum Gasteiger partial charge on any atom is -0.391 e. The average Bonchev–Trinajstić information content (AvgIpc) is 2.93. The van der Waals surface area contributed by atoms with Crippen molar-refractivity contribution < 1.29 is 9.50 Å². The molecule has 1 unspecified atom stereocenters. The monoisotopic (exact) mass is 308 g/mol. The topological polar surface area (TPSA) is 36.4 Å². The molecule has 0 aliphatic rings. The van der Waals surface area contributed by atoms with E-state index in [1.54, 1.807) is 12.1 Å². The van der Waals surface area contributed by atoms with Crippen LogP contribution in [0.15, 0.2) is 24.3 Å². The zero-order valence-corrected chi connectivity index (χ0v) is 13.5. The summed E-state index contributed by atoms with van der Waals surface area (Å²) in [6.45, 7) is 7.02. The van der Waals surface area contributed by atoms with E-state index in [1.807, 2.05) is 11.8 Å². The van der Waals surface area contributed by atoms with Gasteiger partial charge in [0.2, 0.25) is 0 Å². The maximum atomic E-state index is 13.1. The summed E-state index contributed by atoms with van der Waals surface area (Å²) >= 11 is 1.51. The second-order valence-corrected chi connectivity index (χ2v) is 6.06. The zero-order valence-electron chi connectivity index (χ0n) is 12.6. The molecule has 3 nitrogen and oxygen atoms in total. The first-order chi connectivity index (χ1) is 10.1. The number of aliphatic hydroxyl groups is 1. The van der Waals surface area contributed by atoms with Gasteiger partial charge in [-0.2, -0.15) is 0 Å². The highest BCUT2D eigenvalue weighted by atomic mass is 32.1. The number of halogens is 1. The molecule has 1 aromatic carbocycles. The van der Waals surface area contributed by atoms with Gasteiger partial charge in [0, 0.05) is 12.2 Å². The first-order valence-corrected chi connectivity index (χ1v) is 8.05. The van der Waals surface area contributed by atoms with E-state index in [9.17, 15) is 9.50 Å². The van der Waals surface area contributed by atoms with E-state index in [0.29, 0.717) is 5.92 Å². The molecule has 0 saturated heterocycles. The molecule has 0 bridgehead atoms. The predicted molar refractivity (Wildman–Crippen MR) is 85.8 cm³/mol. The van der Waals surface area contributed by atoms with E-state index in [1.165, 1.54) is 23.5 Å². The Morgan fingerprint density at radius 3 is 2.48 bits per heavy atom. The number of thiazole rings is 1. The molecule has 0 amide bonds. The van der Waals surface area contributed by atoms with Crippen molar-refractivity contribution in [3.8, 4) is 0 Å². The van der Waals surface area contributed by atoms with Crippen molar-refractivity contribution in [3.05, 3.63) is 40.7 Å². The number of nitrogens with zero attached hydrogens (tertiary/aromatic N) is 2. The van der Waals surface area contributed by atoms with Gasteiger partial charge >= 0.3 is 0 Å². The molecule has 1 N–H and O–H groups in total. The van der Waals surface area contributed by atoms with Crippen LogP contribution in [0.4, 0.5) is 15.2 Å². The van der Waals surface area contributed by atoms with E-state index < -0.39 is 0 Å². The van der Waals surface area contributed by atoms with Gasteiger partial charge in [-0.1, -0.05) is 25.2 Å². The Morgan fingerprint density at radius 1 is 1.29 bits per heavy atom. The number of hydrogen-bond acceptors (Lipinski definition) is 4. The van der Waals surface area contributed by atoms with Crippen LogP contribution >= 0.6 is 11.3 Å². The Morgan fingerprint density at radius 2 is 1.95 bits per heavy atom. The summed E-state index contributed by atoms with van der Waals surface area (Å²) in [4.78, 5) is 7.67. The van der Waals surface area contributed by atoms with Gasteiger partial charge < -0.3 is 10.0 Å². The van der Waals surface area contributed by atoms with Gasteiger partial charge in [-0.3, -0.25) is 0 Å². The molecule has 1 aromatic heterocycles. The Hall–Kier alpha value is -1.46. The molecule has 5 heteroatoms. The van der Waals surface area contributed by atoms with Crippen LogP contribution in [0.1, 0.15) is 43.7 Å². The van der Waals surface area contributed by atoms with Gasteiger partial charge in [0.05, 0.1) is 17.2 Å². The second-order valence-electron chi connectivity index (χ2n) is 4.99. The van der Waals surface area contributed by atoms with Gasteiger partial charge in [-0.25, -0.2) is 9.37 Å². The van der Waals surface area contributed by atoms with Crippen LogP contribution in [-0.2, 0) is 6.61 Å². The van der Waals surface area contributed by atoms with E-state index in [0.717, 1.165) is 34.4 Å². The minimum atomic E-state index is -0.245. The van der Waals surface area contributed by atoms with Gasteiger partial charge in [-0.15, -0.1) is 0 Å². The molecule has 2 rings (SSSR count). The molecule has 1 heterocycles. The van der Waals surface area contributed by atoms with Crippen LogP contribution in [0.3, 0.4) is 0 Å². The van der Waals surface area contributed by atoms with Crippen LogP contribution < -0.4 is 4.90 Å². The summed E-state index contributed by atoms with van der Waals surface area (Å²) in [7, 11) is 0. The molecule has 0 aliphatic carbocycles. The zero-order chi connectivity index (χ0) is 15.4. The fourth-order valence-electron chi connectivity index (χ4n) is 2.21. The van der Waals surface area contributed by atoms with Crippen molar-refractivity contribution in [3.63, 3.8) is 0 Å². The molecule has 0 fully saturated rings. The summed E-state index contributed by atoms with van der Waals surface area (Å²) in [5.74, 6) is 0.0781. The lowest BCUT2D eigenvalue weighted by molar-refractivity contribution is 0.283. The molecular formula is C16H21FN2OS. The Labute approximate surface area is 129 Å². The summed E-state index contributed by atoms with van der Waals surface area (Å²) < 4.78 is 13.1. The van der Waals surface area contributed by atoms with E-state index >= 15 is 0 Å². The standard InChI is InChI=1S/C16H21FN2OS/c1-4-11(3)15-14(10-20)21-16(18-15)19(5-2)13-8-6-12(17)7-9-13/h6-9,11,20H,4-5,10H2,1-3H3. The predicted octanol–water partition coefficient (Wildman–Crippen LogP) is 4.45. The van der Waals surface area contributed by atoms with Crippen molar-refractivity contribution >= 4 is 22.2 Å². The highest BCUT2D eigenvalue weighted by molar-refractivity contribution is 7.15. The lowest BCUT2D eigenvalue weighted by atomic mass is 10.0. The maximum Gasteiger partial charge on any atom is 0.190 e. The second kappa shape index (κ2) is 7.00. The fourth-order valence-corrected chi connectivity index (χ4v) is 3.33. The molecular weight excluding hydrogens is 287 g/mol. The first kappa shape index (κ1) is 15.9. The average molecular weight is 308 g/mol. The Balaban J connectivity index is 2.38. The lowest BCUT2D eigenvalue weighted by Crippen LogP contribution is -2.15. The van der Waals surface area contributed by atoms with Gasteiger partial charge in [-0.05, 0) is 43.5 Å². The molecule has 0 radical (unpaired) electrons.